The molecule has 6 heteroatoms. The summed E-state index contributed by atoms with van der Waals surface area (Å²) in [5.41, 5.74) is 1.06. The Balaban J connectivity index is 1.69. The van der Waals surface area contributed by atoms with Gasteiger partial charge in [0.15, 0.2) is 0 Å². The molecule has 0 aliphatic carbocycles. The van der Waals surface area contributed by atoms with Crippen LogP contribution in [0.25, 0.3) is 0 Å². The molecule has 1 aromatic rings. The number of hydrogen-bond donors (Lipinski definition) is 1. The van der Waals surface area contributed by atoms with Crippen LogP contribution < -0.4 is 5.32 Å². The molecule has 3 atom stereocenters. The van der Waals surface area contributed by atoms with Crippen LogP contribution >= 0.6 is 0 Å². The number of urea groups is 1. The van der Waals surface area contributed by atoms with E-state index < -0.39 is 10.8 Å². The van der Waals surface area contributed by atoms with E-state index >= 15 is 0 Å². The third-order valence-electron chi connectivity index (χ3n) is 4.26. The van der Waals surface area contributed by atoms with Gasteiger partial charge in [0.05, 0.1) is 6.10 Å². The lowest BCUT2D eigenvalue weighted by molar-refractivity contribution is 0.00726. The quantitative estimate of drug-likeness (QED) is 0.863. The maximum Gasteiger partial charge on any atom is 0.317 e. The summed E-state index contributed by atoms with van der Waals surface area (Å²) in [7, 11) is 0.725. The number of benzene rings is 1. The predicted octanol–water partition coefficient (Wildman–Crippen LogP) is 2.00. The molecule has 0 bridgehead atoms. The lowest BCUT2D eigenvalue weighted by atomic mass is 9.96. The summed E-state index contributed by atoms with van der Waals surface area (Å²) in [5, 5.41) is 2.87. The van der Waals surface area contributed by atoms with Crippen LogP contribution in [0.15, 0.2) is 30.3 Å². The number of methoxy groups -OCH3 is 1. The first kappa shape index (κ1) is 17.9. The standard InChI is InChI=1S/C17H26N2O3S/c1-14-8-10-19(12-16(14)22-2)17(20)18-9-11-23(21)13-15-6-4-3-5-7-15/h3-7,14,16H,8-13H2,1-2H3,(H,18,20). The number of carbonyl (C=O) groups is 1. The Hall–Kier alpha value is -1.40. The topological polar surface area (TPSA) is 58.6 Å². The maximum atomic E-state index is 12.2. The van der Waals surface area contributed by atoms with Gasteiger partial charge in [0.25, 0.3) is 0 Å². The van der Waals surface area contributed by atoms with Gasteiger partial charge < -0.3 is 15.0 Å². The zero-order valence-corrected chi connectivity index (χ0v) is 14.7. The van der Waals surface area contributed by atoms with Gasteiger partial charge in [-0.25, -0.2) is 4.79 Å². The molecule has 0 saturated carbocycles. The molecule has 1 aliphatic heterocycles. The lowest BCUT2D eigenvalue weighted by Gasteiger charge is -2.36. The third kappa shape index (κ3) is 5.62. The van der Waals surface area contributed by atoms with E-state index in [1.165, 1.54) is 0 Å². The first-order chi connectivity index (χ1) is 11.1. The fourth-order valence-corrected chi connectivity index (χ4v) is 3.78. The first-order valence-corrected chi connectivity index (χ1v) is 9.53. The Kier molecular flexibility index (Phi) is 7.05. The van der Waals surface area contributed by atoms with E-state index in [1.807, 2.05) is 30.3 Å². The molecule has 0 aromatic heterocycles. The Labute approximate surface area is 140 Å². The minimum atomic E-state index is -0.965. The van der Waals surface area contributed by atoms with Crippen LogP contribution in [0.1, 0.15) is 18.9 Å². The fraction of sp³-hybridized carbons (Fsp3) is 0.588. The molecular weight excluding hydrogens is 312 g/mol. The number of piperidine rings is 1. The van der Waals surface area contributed by atoms with Gasteiger partial charge in [-0.3, -0.25) is 4.21 Å². The van der Waals surface area contributed by atoms with E-state index in [0.29, 0.717) is 30.5 Å². The van der Waals surface area contributed by atoms with Crippen LogP contribution in [0, 0.1) is 5.92 Å². The van der Waals surface area contributed by atoms with E-state index in [4.69, 9.17) is 4.74 Å². The van der Waals surface area contributed by atoms with Crippen LogP contribution in [0.2, 0.25) is 0 Å². The second kappa shape index (κ2) is 9.03. The molecule has 5 nitrogen and oxygen atoms in total. The van der Waals surface area contributed by atoms with Crippen LogP contribution in [0.4, 0.5) is 4.79 Å². The van der Waals surface area contributed by atoms with Crippen molar-refractivity contribution in [2.45, 2.75) is 25.2 Å². The number of nitrogens with one attached hydrogen (secondary N) is 1. The van der Waals surface area contributed by atoms with Crippen molar-refractivity contribution in [1.82, 2.24) is 10.2 Å². The number of amides is 2. The summed E-state index contributed by atoms with van der Waals surface area (Å²) in [6, 6.07) is 9.68. The molecular formula is C17H26N2O3S. The number of likely N-dealkylation sites (tertiary alicyclic amines) is 1. The summed E-state index contributed by atoms with van der Waals surface area (Å²) in [6.45, 7) is 3.95. The molecule has 0 radical (unpaired) electrons. The molecule has 2 rings (SSSR count). The van der Waals surface area contributed by atoms with Gasteiger partial charge in [0, 0.05) is 49.0 Å². The summed E-state index contributed by atoms with van der Waals surface area (Å²) in [4.78, 5) is 14.0. The van der Waals surface area contributed by atoms with Gasteiger partial charge in [-0.05, 0) is 17.9 Å². The SMILES string of the molecule is COC1CN(C(=O)NCCS(=O)Cc2ccccc2)CCC1C. The molecule has 1 aliphatic rings. The van der Waals surface area contributed by atoms with Gasteiger partial charge >= 0.3 is 6.03 Å². The summed E-state index contributed by atoms with van der Waals surface area (Å²) < 4.78 is 17.5. The molecule has 1 heterocycles. The van der Waals surface area contributed by atoms with Crippen LogP contribution in [-0.4, -0.2) is 53.7 Å². The predicted molar refractivity (Wildman–Crippen MR) is 92.7 cm³/mol. The largest absolute Gasteiger partial charge is 0.379 e. The van der Waals surface area contributed by atoms with Gasteiger partial charge in [0.2, 0.25) is 0 Å². The smallest absolute Gasteiger partial charge is 0.317 e. The molecule has 128 valence electrons. The monoisotopic (exact) mass is 338 g/mol. The highest BCUT2D eigenvalue weighted by Crippen LogP contribution is 2.19. The van der Waals surface area contributed by atoms with E-state index in [9.17, 15) is 9.00 Å². The van der Waals surface area contributed by atoms with Crippen molar-refractivity contribution in [2.24, 2.45) is 5.92 Å². The normalized spacial score (nSPS) is 22.6. The number of hydrogen-bond acceptors (Lipinski definition) is 3. The first-order valence-electron chi connectivity index (χ1n) is 8.04. The Morgan fingerprint density at radius 3 is 2.83 bits per heavy atom. The molecule has 3 unspecified atom stereocenters. The Morgan fingerprint density at radius 1 is 1.39 bits per heavy atom. The van der Waals surface area contributed by atoms with Crippen molar-refractivity contribution in [1.29, 1.82) is 0 Å². The Morgan fingerprint density at radius 2 is 2.13 bits per heavy atom. The minimum Gasteiger partial charge on any atom is -0.379 e. The van der Waals surface area contributed by atoms with Crippen LogP contribution in [-0.2, 0) is 21.3 Å². The van der Waals surface area contributed by atoms with E-state index in [0.717, 1.165) is 18.5 Å². The molecule has 1 N–H and O–H groups in total. The summed E-state index contributed by atoms with van der Waals surface area (Å²) in [6.07, 6.45) is 1.05. The second-order valence-corrected chi connectivity index (χ2v) is 7.57. The highest BCUT2D eigenvalue weighted by molar-refractivity contribution is 7.84. The van der Waals surface area contributed by atoms with Crippen LogP contribution in [0.5, 0.6) is 0 Å². The number of nitrogens with zero attached hydrogens (tertiary/aromatic N) is 1. The van der Waals surface area contributed by atoms with Crippen molar-refractivity contribution in [3.05, 3.63) is 35.9 Å². The van der Waals surface area contributed by atoms with Gasteiger partial charge in [-0.1, -0.05) is 37.3 Å². The van der Waals surface area contributed by atoms with E-state index in [1.54, 1.807) is 12.0 Å². The summed E-state index contributed by atoms with van der Waals surface area (Å²) in [5.74, 6) is 1.48. The average molecular weight is 338 g/mol. The van der Waals surface area contributed by atoms with Crippen molar-refractivity contribution in [3.8, 4) is 0 Å². The number of carbonyl (C=O) groups excluding carboxylic acids is 1. The molecule has 1 saturated heterocycles. The maximum absolute atomic E-state index is 12.2. The molecule has 1 aromatic carbocycles. The Bertz CT molecular complexity index is 524. The molecule has 0 spiro atoms. The van der Waals surface area contributed by atoms with Gasteiger partial charge in [-0.2, -0.15) is 0 Å². The summed E-state index contributed by atoms with van der Waals surface area (Å²) >= 11 is 0. The van der Waals surface area contributed by atoms with E-state index in [-0.39, 0.29) is 12.1 Å². The third-order valence-corrected chi connectivity index (χ3v) is 5.57. The minimum absolute atomic E-state index is 0.0874. The van der Waals surface area contributed by atoms with Crippen molar-refractivity contribution >= 4 is 16.8 Å². The molecule has 2 amide bonds. The van der Waals surface area contributed by atoms with E-state index in [2.05, 4.69) is 12.2 Å². The number of ether oxygens (including phenoxy) is 1. The van der Waals surface area contributed by atoms with Crippen molar-refractivity contribution < 1.29 is 13.7 Å². The van der Waals surface area contributed by atoms with Crippen molar-refractivity contribution in [3.63, 3.8) is 0 Å². The number of rotatable bonds is 6. The average Bonchev–Trinajstić information content (AvgIpc) is 2.56. The highest BCUT2D eigenvalue weighted by atomic mass is 32.2. The van der Waals surface area contributed by atoms with Gasteiger partial charge in [-0.15, -0.1) is 0 Å². The fourth-order valence-electron chi connectivity index (χ4n) is 2.74. The highest BCUT2D eigenvalue weighted by Gasteiger charge is 2.28. The zero-order valence-electron chi connectivity index (χ0n) is 13.9. The van der Waals surface area contributed by atoms with Crippen molar-refractivity contribution in [2.75, 3.05) is 32.5 Å². The molecule has 1 fully saturated rings. The zero-order chi connectivity index (χ0) is 16.7. The van der Waals surface area contributed by atoms with Gasteiger partial charge in [0.1, 0.15) is 0 Å². The van der Waals surface area contributed by atoms with Crippen LogP contribution in [0.3, 0.4) is 0 Å². The lowest BCUT2D eigenvalue weighted by Crippen LogP contribution is -2.50. The molecule has 23 heavy (non-hydrogen) atoms. The second-order valence-electron chi connectivity index (χ2n) is 5.99.